The molecule has 0 fully saturated rings. The maximum atomic E-state index is 11.7. The van der Waals surface area contributed by atoms with E-state index in [0.717, 1.165) is 0 Å². The van der Waals surface area contributed by atoms with Crippen LogP contribution >= 0.6 is 0 Å². The number of aryl methyl sites for hydroxylation is 1. The van der Waals surface area contributed by atoms with Crippen LogP contribution < -0.4 is 4.72 Å². The fourth-order valence-corrected chi connectivity index (χ4v) is 2.33. The normalized spacial score (nSPS) is 13.9. The molecule has 1 aromatic heterocycles. The number of nitrogens with one attached hydrogen (secondary N) is 1. The number of imidazole rings is 1. The van der Waals surface area contributed by atoms with Crippen molar-refractivity contribution in [3.05, 3.63) is 12.5 Å². The van der Waals surface area contributed by atoms with Crippen LogP contribution in [0.15, 0.2) is 17.6 Å². The van der Waals surface area contributed by atoms with Gasteiger partial charge in [0.05, 0.1) is 25.6 Å². The highest BCUT2D eigenvalue weighted by Gasteiger charge is 2.21. The summed E-state index contributed by atoms with van der Waals surface area (Å²) in [4.78, 5) is 3.72. The number of sulfonamides is 1. The predicted octanol–water partition coefficient (Wildman–Crippen LogP) is -1.29. The second-order valence-corrected chi connectivity index (χ2v) is 4.99. The summed E-state index contributed by atoms with van der Waals surface area (Å²) >= 11 is 0. The first-order valence-corrected chi connectivity index (χ1v) is 6.08. The van der Waals surface area contributed by atoms with Crippen LogP contribution in [-0.4, -0.2) is 49.4 Å². The Labute approximate surface area is 94.1 Å². The number of hydrogen-bond donors (Lipinski definition) is 2. The molecule has 7 nitrogen and oxygen atoms in total. The van der Waals surface area contributed by atoms with E-state index in [0.29, 0.717) is 0 Å². The molecule has 0 saturated heterocycles. The third-order valence-electron chi connectivity index (χ3n) is 1.87. The molecule has 0 amide bonds. The minimum Gasteiger partial charge on any atom is -0.395 e. The summed E-state index contributed by atoms with van der Waals surface area (Å²) in [6.45, 7) is -0.234. The van der Waals surface area contributed by atoms with Gasteiger partial charge in [0.15, 0.2) is 5.03 Å². The van der Waals surface area contributed by atoms with Crippen molar-refractivity contribution in [3.8, 4) is 0 Å². The summed E-state index contributed by atoms with van der Waals surface area (Å²) in [5.74, 6) is 0. The van der Waals surface area contributed by atoms with Crippen molar-refractivity contribution >= 4 is 10.0 Å². The molecule has 0 spiro atoms. The van der Waals surface area contributed by atoms with Gasteiger partial charge in [-0.3, -0.25) is 0 Å². The van der Waals surface area contributed by atoms with Gasteiger partial charge in [0.2, 0.25) is 0 Å². The number of ether oxygens (including phenoxy) is 1. The smallest absolute Gasteiger partial charge is 0.259 e. The van der Waals surface area contributed by atoms with Crippen molar-refractivity contribution in [1.82, 2.24) is 14.3 Å². The molecular formula is C8H15N3O4S. The van der Waals surface area contributed by atoms with Crippen LogP contribution in [0, 0.1) is 0 Å². The first-order valence-electron chi connectivity index (χ1n) is 4.59. The predicted molar refractivity (Wildman–Crippen MR) is 56.3 cm³/mol. The number of hydrogen-bond acceptors (Lipinski definition) is 5. The minimum atomic E-state index is -3.69. The van der Waals surface area contributed by atoms with Gasteiger partial charge in [0.1, 0.15) is 0 Å². The van der Waals surface area contributed by atoms with Crippen LogP contribution in [0.25, 0.3) is 0 Å². The molecule has 0 aromatic carbocycles. The summed E-state index contributed by atoms with van der Waals surface area (Å²) in [6, 6.07) is -0.669. The second kappa shape index (κ2) is 5.39. The van der Waals surface area contributed by atoms with Crippen LogP contribution in [0.4, 0.5) is 0 Å². The number of rotatable bonds is 6. The molecule has 16 heavy (non-hydrogen) atoms. The van der Waals surface area contributed by atoms with Crippen LogP contribution in [0.1, 0.15) is 0 Å². The summed E-state index contributed by atoms with van der Waals surface area (Å²) in [5, 5.41) is 8.86. The molecule has 2 N–H and O–H groups in total. The monoisotopic (exact) mass is 249 g/mol. The lowest BCUT2D eigenvalue weighted by Crippen LogP contribution is -2.40. The van der Waals surface area contributed by atoms with Crippen molar-refractivity contribution in [3.63, 3.8) is 0 Å². The van der Waals surface area contributed by atoms with Crippen LogP contribution in [0.2, 0.25) is 0 Å². The Balaban J connectivity index is 2.78. The standard InChI is InChI=1S/C8H15N3O4S/c1-11-3-8(9-6-11)16(13,14)10-7(4-12)5-15-2/h3,6-7,10,12H,4-5H2,1-2H3. The number of aromatic nitrogens is 2. The van der Waals surface area contributed by atoms with Crippen LogP contribution in [0.5, 0.6) is 0 Å². The molecule has 1 heterocycles. The molecule has 0 aliphatic rings. The summed E-state index contributed by atoms with van der Waals surface area (Å²) < 4.78 is 32.1. The Bertz CT molecular complexity index is 428. The molecule has 92 valence electrons. The molecular weight excluding hydrogens is 234 g/mol. The van der Waals surface area contributed by atoms with E-state index in [1.807, 2.05) is 0 Å². The summed E-state index contributed by atoms with van der Waals surface area (Å²) in [7, 11) is -0.595. The Morgan fingerprint density at radius 2 is 2.38 bits per heavy atom. The lowest BCUT2D eigenvalue weighted by molar-refractivity contribution is 0.139. The van der Waals surface area contributed by atoms with E-state index in [1.165, 1.54) is 24.2 Å². The Kier molecular flexibility index (Phi) is 4.42. The number of nitrogens with zero attached hydrogens (tertiary/aromatic N) is 2. The highest BCUT2D eigenvalue weighted by molar-refractivity contribution is 7.89. The molecule has 0 radical (unpaired) electrons. The van der Waals surface area contributed by atoms with Crippen LogP contribution in [0.3, 0.4) is 0 Å². The molecule has 1 aromatic rings. The molecule has 0 bridgehead atoms. The van der Waals surface area contributed by atoms with E-state index in [4.69, 9.17) is 9.84 Å². The maximum Gasteiger partial charge on any atom is 0.259 e. The van der Waals surface area contributed by atoms with Gasteiger partial charge < -0.3 is 14.4 Å². The van der Waals surface area contributed by atoms with Gasteiger partial charge in [-0.05, 0) is 0 Å². The van der Waals surface area contributed by atoms with Crippen LogP contribution in [-0.2, 0) is 21.8 Å². The highest BCUT2D eigenvalue weighted by Crippen LogP contribution is 2.04. The lowest BCUT2D eigenvalue weighted by atomic mass is 10.4. The maximum absolute atomic E-state index is 11.7. The van der Waals surface area contributed by atoms with Crippen molar-refractivity contribution < 1.29 is 18.3 Å². The Morgan fingerprint density at radius 1 is 1.69 bits per heavy atom. The van der Waals surface area contributed by atoms with Gasteiger partial charge in [0, 0.05) is 20.4 Å². The largest absolute Gasteiger partial charge is 0.395 e. The molecule has 1 rings (SSSR count). The Hall–Kier alpha value is -0.960. The third kappa shape index (κ3) is 3.27. The molecule has 0 aliphatic heterocycles. The van der Waals surface area contributed by atoms with Gasteiger partial charge >= 0.3 is 0 Å². The molecule has 0 saturated carbocycles. The fraction of sp³-hybridized carbons (Fsp3) is 0.625. The van der Waals surface area contributed by atoms with Crippen molar-refractivity contribution in [2.24, 2.45) is 7.05 Å². The molecule has 0 aliphatic carbocycles. The van der Waals surface area contributed by atoms with Crippen molar-refractivity contribution in [2.45, 2.75) is 11.1 Å². The third-order valence-corrected chi connectivity index (χ3v) is 3.27. The van der Waals surface area contributed by atoms with E-state index in [9.17, 15) is 8.42 Å². The molecule has 1 atom stereocenters. The zero-order chi connectivity index (χ0) is 12.2. The second-order valence-electron chi connectivity index (χ2n) is 3.33. The number of aliphatic hydroxyl groups excluding tert-OH is 1. The van der Waals surface area contributed by atoms with Crippen molar-refractivity contribution in [1.29, 1.82) is 0 Å². The van der Waals surface area contributed by atoms with Gasteiger partial charge in [-0.15, -0.1) is 0 Å². The average molecular weight is 249 g/mol. The zero-order valence-corrected chi connectivity index (χ0v) is 9.94. The average Bonchev–Trinajstić information content (AvgIpc) is 2.64. The van der Waals surface area contributed by atoms with Gasteiger partial charge in [-0.2, -0.15) is 0 Å². The topological polar surface area (TPSA) is 93.5 Å². The number of aliphatic hydroxyl groups is 1. The van der Waals surface area contributed by atoms with Gasteiger partial charge in [-0.1, -0.05) is 0 Å². The highest BCUT2D eigenvalue weighted by atomic mass is 32.2. The first kappa shape index (κ1) is 13.1. The fourth-order valence-electron chi connectivity index (χ4n) is 1.13. The van der Waals surface area contributed by atoms with E-state index < -0.39 is 16.1 Å². The summed E-state index contributed by atoms with van der Waals surface area (Å²) in [5.41, 5.74) is 0. The number of methoxy groups -OCH3 is 1. The van der Waals surface area contributed by atoms with E-state index in [2.05, 4.69) is 9.71 Å². The summed E-state index contributed by atoms with van der Waals surface area (Å²) in [6.07, 6.45) is 2.77. The molecule has 8 heteroatoms. The first-order chi connectivity index (χ1) is 7.49. The minimum absolute atomic E-state index is 0.0791. The SMILES string of the molecule is COCC(CO)NS(=O)(=O)c1cn(C)cn1. The van der Waals surface area contributed by atoms with E-state index >= 15 is 0 Å². The zero-order valence-electron chi connectivity index (χ0n) is 9.12. The van der Waals surface area contributed by atoms with Gasteiger partial charge in [0.25, 0.3) is 10.0 Å². The van der Waals surface area contributed by atoms with Crippen molar-refractivity contribution in [2.75, 3.05) is 20.3 Å². The lowest BCUT2D eigenvalue weighted by Gasteiger charge is -2.13. The Morgan fingerprint density at radius 3 is 2.81 bits per heavy atom. The van der Waals surface area contributed by atoms with Gasteiger partial charge in [-0.25, -0.2) is 18.1 Å². The quantitative estimate of drug-likeness (QED) is 0.654. The van der Waals surface area contributed by atoms with E-state index in [-0.39, 0.29) is 18.2 Å². The molecule has 1 unspecified atom stereocenters. The van der Waals surface area contributed by atoms with E-state index in [1.54, 1.807) is 7.05 Å².